The van der Waals surface area contributed by atoms with Gasteiger partial charge in [-0.1, -0.05) is 39.8 Å². The zero-order valence-electron chi connectivity index (χ0n) is 19.0. The lowest BCUT2D eigenvalue weighted by molar-refractivity contribution is -0.121. The molecule has 0 spiro atoms. The van der Waals surface area contributed by atoms with Gasteiger partial charge in [0, 0.05) is 13.0 Å². The molecule has 1 rings (SSSR count). The second-order valence-corrected chi connectivity index (χ2v) is 8.34. The van der Waals surface area contributed by atoms with Crippen molar-refractivity contribution in [1.82, 2.24) is 10.2 Å². The predicted octanol–water partition coefficient (Wildman–Crippen LogP) is 5.23. The van der Waals surface area contributed by atoms with Crippen LogP contribution in [0.25, 0.3) is 0 Å². The van der Waals surface area contributed by atoms with Crippen LogP contribution in [0.1, 0.15) is 78.7 Å². The molecule has 0 aliphatic heterocycles. The number of nitrogens with zero attached hydrogens (tertiary/aromatic N) is 1. The molecule has 0 bridgehead atoms. The first-order valence-corrected chi connectivity index (χ1v) is 11.1. The van der Waals surface area contributed by atoms with Crippen molar-refractivity contribution >= 4 is 5.91 Å². The molecule has 0 radical (unpaired) electrons. The van der Waals surface area contributed by atoms with Crippen LogP contribution >= 0.6 is 0 Å². The van der Waals surface area contributed by atoms with Gasteiger partial charge in [0.1, 0.15) is 5.75 Å². The van der Waals surface area contributed by atoms with Gasteiger partial charge < -0.3 is 15.0 Å². The lowest BCUT2D eigenvalue weighted by atomic mass is 9.85. The van der Waals surface area contributed by atoms with E-state index in [0.717, 1.165) is 38.3 Å². The molecular weight excluding hydrogens is 348 g/mol. The molecule has 28 heavy (non-hydrogen) atoms. The van der Waals surface area contributed by atoms with Crippen LogP contribution in [0.3, 0.4) is 0 Å². The smallest absolute Gasteiger partial charge is 0.220 e. The molecule has 1 N–H and O–H groups in total. The molecule has 0 aromatic heterocycles. The number of nitrogens with one attached hydrogen (secondary N) is 1. The van der Waals surface area contributed by atoms with E-state index >= 15 is 0 Å². The second kappa shape index (κ2) is 13.6. The van der Waals surface area contributed by atoms with Crippen molar-refractivity contribution in [3.05, 3.63) is 29.8 Å². The second-order valence-electron chi connectivity index (χ2n) is 8.34. The number of benzene rings is 1. The fraction of sp³-hybridized carbons (Fsp3) is 0.708. The van der Waals surface area contributed by atoms with E-state index in [1.807, 2.05) is 26.0 Å². The lowest BCUT2D eigenvalue weighted by Gasteiger charge is -2.22. The van der Waals surface area contributed by atoms with Crippen LogP contribution in [0.5, 0.6) is 5.75 Å². The maximum Gasteiger partial charge on any atom is 0.220 e. The average molecular weight is 391 g/mol. The highest BCUT2D eigenvalue weighted by Crippen LogP contribution is 2.29. The molecule has 1 aromatic rings. The minimum atomic E-state index is 0.152. The normalized spacial score (nSPS) is 12.6. The Hall–Kier alpha value is -1.55. The average Bonchev–Trinajstić information content (AvgIpc) is 2.63. The van der Waals surface area contributed by atoms with Crippen LogP contribution < -0.4 is 10.1 Å². The molecular formula is C24H42N2O2. The van der Waals surface area contributed by atoms with Crippen LogP contribution in [-0.4, -0.2) is 43.1 Å². The van der Waals surface area contributed by atoms with Crippen LogP contribution in [0, 0.1) is 5.92 Å². The highest BCUT2D eigenvalue weighted by Gasteiger charge is 2.19. The number of hydrogen-bond acceptors (Lipinski definition) is 3. The summed E-state index contributed by atoms with van der Waals surface area (Å²) in [5.74, 6) is 1.67. The summed E-state index contributed by atoms with van der Waals surface area (Å²) in [6.45, 7) is 17.0. The summed E-state index contributed by atoms with van der Waals surface area (Å²) in [5.41, 5.74) is 1.21. The molecule has 0 aliphatic carbocycles. The van der Waals surface area contributed by atoms with Gasteiger partial charge in [-0.15, -0.1) is 0 Å². The van der Waals surface area contributed by atoms with Crippen molar-refractivity contribution < 1.29 is 9.53 Å². The molecule has 4 heteroatoms. The third kappa shape index (κ3) is 9.59. The molecule has 0 heterocycles. The highest BCUT2D eigenvalue weighted by molar-refractivity contribution is 5.76. The Balaban J connectivity index is 2.49. The topological polar surface area (TPSA) is 41.6 Å². The van der Waals surface area contributed by atoms with Crippen LogP contribution in [0.2, 0.25) is 0 Å². The van der Waals surface area contributed by atoms with Gasteiger partial charge in [-0.2, -0.15) is 0 Å². The standard InChI is InChI=1S/C24H42N2O2/c1-7-15-26(16-8-2)17-9-14-25-24(27)18-23(19(3)4)21-10-12-22(13-11-21)28-20(5)6/h10-13,19-20,23H,7-9,14-18H2,1-6H3,(H,25,27)/t23-/m0/s1. The number of carbonyl (C=O) groups excluding carboxylic acids is 1. The Bertz CT molecular complexity index is 534. The van der Waals surface area contributed by atoms with Gasteiger partial charge in [-0.3, -0.25) is 4.79 Å². The molecule has 4 nitrogen and oxygen atoms in total. The molecule has 1 aromatic carbocycles. The van der Waals surface area contributed by atoms with Crippen molar-refractivity contribution in [2.24, 2.45) is 5.92 Å². The maximum absolute atomic E-state index is 12.5. The third-order valence-electron chi connectivity index (χ3n) is 4.94. The molecule has 1 amide bonds. The molecule has 0 unspecified atom stereocenters. The SMILES string of the molecule is CCCN(CCC)CCCNC(=O)C[C@H](c1ccc(OC(C)C)cc1)C(C)C. The van der Waals surface area contributed by atoms with Crippen molar-refractivity contribution in [3.8, 4) is 5.75 Å². The van der Waals surface area contributed by atoms with Crippen LogP contribution in [-0.2, 0) is 4.79 Å². The summed E-state index contributed by atoms with van der Waals surface area (Å²) < 4.78 is 5.73. The molecule has 0 aliphatic rings. The van der Waals surface area contributed by atoms with Crippen molar-refractivity contribution in [3.63, 3.8) is 0 Å². The maximum atomic E-state index is 12.5. The summed E-state index contributed by atoms with van der Waals surface area (Å²) in [7, 11) is 0. The number of amides is 1. The summed E-state index contributed by atoms with van der Waals surface area (Å²) in [6, 6.07) is 8.23. The van der Waals surface area contributed by atoms with Gasteiger partial charge in [0.15, 0.2) is 0 Å². The van der Waals surface area contributed by atoms with Gasteiger partial charge in [0.25, 0.3) is 0 Å². The molecule has 0 fully saturated rings. The number of rotatable bonds is 14. The van der Waals surface area contributed by atoms with Gasteiger partial charge in [-0.05, 0) is 82.3 Å². The number of hydrogen-bond donors (Lipinski definition) is 1. The van der Waals surface area contributed by atoms with Crippen LogP contribution in [0.15, 0.2) is 24.3 Å². The van der Waals surface area contributed by atoms with E-state index in [-0.39, 0.29) is 17.9 Å². The van der Waals surface area contributed by atoms with Crippen LogP contribution in [0.4, 0.5) is 0 Å². The Morgan fingerprint density at radius 3 is 2.11 bits per heavy atom. The van der Waals surface area contributed by atoms with E-state index in [4.69, 9.17) is 4.74 Å². The Morgan fingerprint density at radius 1 is 1.00 bits per heavy atom. The van der Waals surface area contributed by atoms with Gasteiger partial charge in [0.05, 0.1) is 6.10 Å². The molecule has 1 atom stereocenters. The van der Waals surface area contributed by atoms with E-state index in [0.29, 0.717) is 12.3 Å². The van der Waals surface area contributed by atoms with E-state index in [1.165, 1.54) is 18.4 Å². The first-order chi connectivity index (χ1) is 13.4. The first kappa shape index (κ1) is 24.5. The highest BCUT2D eigenvalue weighted by atomic mass is 16.5. The van der Waals surface area contributed by atoms with Gasteiger partial charge >= 0.3 is 0 Å². The Labute approximate surface area is 173 Å². The van der Waals surface area contributed by atoms with E-state index in [1.54, 1.807) is 0 Å². The summed E-state index contributed by atoms with van der Waals surface area (Å²) >= 11 is 0. The zero-order valence-corrected chi connectivity index (χ0v) is 19.0. The van der Waals surface area contributed by atoms with Crippen molar-refractivity contribution in [2.75, 3.05) is 26.2 Å². The fourth-order valence-electron chi connectivity index (χ4n) is 3.57. The fourth-order valence-corrected chi connectivity index (χ4v) is 3.57. The number of carbonyl (C=O) groups is 1. The van der Waals surface area contributed by atoms with Gasteiger partial charge in [-0.25, -0.2) is 0 Å². The Morgan fingerprint density at radius 2 is 1.61 bits per heavy atom. The zero-order chi connectivity index (χ0) is 20.9. The van der Waals surface area contributed by atoms with Crippen molar-refractivity contribution in [1.29, 1.82) is 0 Å². The lowest BCUT2D eigenvalue weighted by Crippen LogP contribution is -2.32. The molecule has 160 valence electrons. The minimum Gasteiger partial charge on any atom is -0.491 e. The molecule has 0 saturated heterocycles. The minimum absolute atomic E-state index is 0.152. The van der Waals surface area contributed by atoms with E-state index in [9.17, 15) is 4.79 Å². The monoisotopic (exact) mass is 390 g/mol. The summed E-state index contributed by atoms with van der Waals surface area (Å²) in [6.07, 6.45) is 4.09. The number of ether oxygens (including phenoxy) is 1. The van der Waals surface area contributed by atoms with E-state index < -0.39 is 0 Å². The first-order valence-electron chi connectivity index (χ1n) is 11.1. The quantitative estimate of drug-likeness (QED) is 0.442. The van der Waals surface area contributed by atoms with E-state index in [2.05, 4.69) is 50.0 Å². The summed E-state index contributed by atoms with van der Waals surface area (Å²) in [5, 5.41) is 3.12. The predicted molar refractivity (Wildman–Crippen MR) is 119 cm³/mol. The van der Waals surface area contributed by atoms with Gasteiger partial charge in [0.2, 0.25) is 5.91 Å². The van der Waals surface area contributed by atoms with Crippen molar-refractivity contribution in [2.45, 2.75) is 79.2 Å². The third-order valence-corrected chi connectivity index (χ3v) is 4.94. The molecule has 0 saturated carbocycles. The largest absolute Gasteiger partial charge is 0.491 e. The Kier molecular flexibility index (Phi) is 11.9. The summed E-state index contributed by atoms with van der Waals surface area (Å²) in [4.78, 5) is 15.0.